The average molecular weight is 262 g/mol. The van der Waals surface area contributed by atoms with Crippen LogP contribution < -0.4 is 5.32 Å². The van der Waals surface area contributed by atoms with Gasteiger partial charge in [-0.25, -0.2) is 0 Å². The van der Waals surface area contributed by atoms with Gasteiger partial charge in [0.15, 0.2) is 0 Å². The topological polar surface area (TPSA) is 24.5 Å². The van der Waals surface area contributed by atoms with Crippen molar-refractivity contribution in [3.63, 3.8) is 0 Å². The maximum atomic E-state index is 5.93. The molecule has 1 saturated heterocycles. The van der Waals surface area contributed by atoms with Crippen LogP contribution in [0.2, 0.25) is 0 Å². The molecule has 1 fully saturated rings. The summed E-state index contributed by atoms with van der Waals surface area (Å²) >= 11 is 0. The molecule has 19 heavy (non-hydrogen) atoms. The molecule has 2 unspecified atom stereocenters. The van der Waals surface area contributed by atoms with E-state index in [0.29, 0.717) is 6.04 Å². The summed E-state index contributed by atoms with van der Waals surface area (Å²) in [4.78, 5) is 2.35. The van der Waals surface area contributed by atoms with Crippen molar-refractivity contribution in [2.45, 2.75) is 32.4 Å². The highest BCUT2D eigenvalue weighted by atomic mass is 16.5. The molecule has 0 spiro atoms. The summed E-state index contributed by atoms with van der Waals surface area (Å²) in [6.45, 7) is 7.21. The molecule has 1 aromatic rings. The van der Waals surface area contributed by atoms with Gasteiger partial charge in [0.1, 0.15) is 0 Å². The molecule has 0 amide bonds. The first-order chi connectivity index (χ1) is 9.08. The number of hydrogen-bond acceptors (Lipinski definition) is 3. The van der Waals surface area contributed by atoms with E-state index in [0.717, 1.165) is 26.1 Å². The highest BCUT2D eigenvalue weighted by Gasteiger charge is 2.25. The summed E-state index contributed by atoms with van der Waals surface area (Å²) in [5.74, 6) is 0. The molecular weight excluding hydrogens is 236 g/mol. The lowest BCUT2D eigenvalue weighted by molar-refractivity contribution is -0.0372. The van der Waals surface area contributed by atoms with Crippen LogP contribution in [0.3, 0.4) is 0 Å². The summed E-state index contributed by atoms with van der Waals surface area (Å²) in [6.07, 6.45) is 1.31. The van der Waals surface area contributed by atoms with E-state index in [9.17, 15) is 0 Å². The van der Waals surface area contributed by atoms with E-state index in [1.807, 2.05) is 7.05 Å². The molecule has 0 aliphatic carbocycles. The molecule has 2 atom stereocenters. The van der Waals surface area contributed by atoms with Crippen molar-refractivity contribution >= 4 is 0 Å². The Morgan fingerprint density at radius 3 is 2.58 bits per heavy atom. The summed E-state index contributed by atoms with van der Waals surface area (Å²) < 4.78 is 5.93. The highest BCUT2D eigenvalue weighted by molar-refractivity contribution is 5.29. The first kappa shape index (κ1) is 14.5. The molecular formula is C16H26N2O. The molecule has 0 aromatic heterocycles. The van der Waals surface area contributed by atoms with Crippen molar-refractivity contribution in [3.05, 3.63) is 34.9 Å². The quantitative estimate of drug-likeness (QED) is 0.895. The minimum Gasteiger partial charge on any atom is -0.374 e. The number of nitrogens with one attached hydrogen (secondary N) is 1. The normalized spacial score (nSPS) is 22.4. The Balaban J connectivity index is 2.05. The molecule has 1 aliphatic heterocycles. The number of nitrogens with zero attached hydrogens (tertiary/aromatic N) is 1. The van der Waals surface area contributed by atoms with Gasteiger partial charge in [-0.1, -0.05) is 29.3 Å². The van der Waals surface area contributed by atoms with Gasteiger partial charge in [-0.05, 0) is 39.9 Å². The Kier molecular flexibility index (Phi) is 4.97. The van der Waals surface area contributed by atoms with E-state index in [1.165, 1.54) is 16.7 Å². The smallest absolute Gasteiger partial charge is 0.0858 e. The minimum absolute atomic E-state index is 0.282. The number of benzene rings is 1. The van der Waals surface area contributed by atoms with Crippen LogP contribution in [0.5, 0.6) is 0 Å². The van der Waals surface area contributed by atoms with Crippen LogP contribution in [0.25, 0.3) is 0 Å². The fourth-order valence-corrected chi connectivity index (χ4v) is 2.91. The van der Waals surface area contributed by atoms with Gasteiger partial charge in [-0.15, -0.1) is 0 Å². The Morgan fingerprint density at radius 2 is 2.00 bits per heavy atom. The minimum atomic E-state index is 0.282. The lowest BCUT2D eigenvalue weighted by Gasteiger charge is -2.35. The third-order valence-electron chi connectivity index (χ3n) is 3.85. The van der Waals surface area contributed by atoms with Gasteiger partial charge < -0.3 is 15.0 Å². The zero-order valence-corrected chi connectivity index (χ0v) is 12.6. The monoisotopic (exact) mass is 262 g/mol. The van der Waals surface area contributed by atoms with E-state index in [-0.39, 0.29) is 6.10 Å². The zero-order chi connectivity index (χ0) is 13.8. The summed E-state index contributed by atoms with van der Waals surface area (Å²) in [5.41, 5.74) is 4.08. The lowest BCUT2D eigenvalue weighted by atomic mass is 9.97. The number of rotatable bonds is 4. The number of aryl methyl sites for hydroxylation is 2. The Morgan fingerprint density at radius 1 is 1.32 bits per heavy atom. The van der Waals surface area contributed by atoms with Crippen LogP contribution in [0.15, 0.2) is 18.2 Å². The van der Waals surface area contributed by atoms with Gasteiger partial charge >= 0.3 is 0 Å². The van der Waals surface area contributed by atoms with Crippen molar-refractivity contribution in [2.24, 2.45) is 0 Å². The predicted octanol–water partition coefficient (Wildman–Crippen LogP) is 1.76. The van der Waals surface area contributed by atoms with Crippen LogP contribution >= 0.6 is 0 Å². The lowest BCUT2D eigenvalue weighted by Crippen LogP contribution is -2.51. The van der Waals surface area contributed by atoms with Gasteiger partial charge in [0, 0.05) is 19.1 Å². The third-order valence-corrected chi connectivity index (χ3v) is 3.85. The SMILES string of the molecule is CNC(Cc1cc(C)cc(C)c1)C1CN(C)CCO1. The Hall–Kier alpha value is -0.900. The summed E-state index contributed by atoms with van der Waals surface area (Å²) in [6, 6.07) is 7.17. The van der Waals surface area contributed by atoms with E-state index < -0.39 is 0 Å². The number of likely N-dealkylation sites (N-methyl/N-ethyl adjacent to an activating group) is 2. The molecule has 3 nitrogen and oxygen atoms in total. The predicted molar refractivity (Wildman–Crippen MR) is 79.7 cm³/mol. The molecule has 1 N–H and O–H groups in total. The largest absolute Gasteiger partial charge is 0.374 e. The van der Waals surface area contributed by atoms with Crippen LogP contribution in [0.4, 0.5) is 0 Å². The Bertz CT molecular complexity index is 399. The molecule has 1 aromatic carbocycles. The van der Waals surface area contributed by atoms with Gasteiger partial charge in [0.2, 0.25) is 0 Å². The van der Waals surface area contributed by atoms with E-state index in [4.69, 9.17) is 4.74 Å². The average Bonchev–Trinajstić information content (AvgIpc) is 2.34. The second-order valence-electron chi connectivity index (χ2n) is 5.77. The van der Waals surface area contributed by atoms with E-state index in [2.05, 4.69) is 49.3 Å². The van der Waals surface area contributed by atoms with E-state index in [1.54, 1.807) is 0 Å². The summed E-state index contributed by atoms with van der Waals surface area (Å²) in [5, 5.41) is 3.43. The fourth-order valence-electron chi connectivity index (χ4n) is 2.91. The first-order valence-electron chi connectivity index (χ1n) is 7.13. The number of ether oxygens (including phenoxy) is 1. The van der Waals surface area contributed by atoms with Gasteiger partial charge in [0.05, 0.1) is 12.7 Å². The van der Waals surface area contributed by atoms with Crippen molar-refractivity contribution < 1.29 is 4.74 Å². The van der Waals surface area contributed by atoms with Gasteiger partial charge in [-0.2, -0.15) is 0 Å². The maximum Gasteiger partial charge on any atom is 0.0858 e. The van der Waals surface area contributed by atoms with Crippen molar-refractivity contribution in [1.29, 1.82) is 0 Å². The molecule has 106 valence electrons. The van der Waals surface area contributed by atoms with Gasteiger partial charge in [0.25, 0.3) is 0 Å². The van der Waals surface area contributed by atoms with Crippen molar-refractivity contribution in [3.8, 4) is 0 Å². The van der Waals surface area contributed by atoms with Gasteiger partial charge in [-0.3, -0.25) is 0 Å². The Labute approximate surface area is 116 Å². The summed E-state index contributed by atoms with van der Waals surface area (Å²) in [7, 11) is 4.20. The molecule has 0 saturated carbocycles. The molecule has 3 heteroatoms. The number of morpholine rings is 1. The molecule has 0 radical (unpaired) electrons. The van der Waals surface area contributed by atoms with Crippen LogP contribution in [0.1, 0.15) is 16.7 Å². The molecule has 2 rings (SSSR count). The second-order valence-corrected chi connectivity index (χ2v) is 5.77. The fraction of sp³-hybridized carbons (Fsp3) is 0.625. The van der Waals surface area contributed by atoms with Crippen LogP contribution in [-0.4, -0.2) is 50.8 Å². The van der Waals surface area contributed by atoms with E-state index >= 15 is 0 Å². The standard InChI is InChI=1S/C16H26N2O/c1-12-7-13(2)9-14(8-12)10-15(17-3)16-11-18(4)5-6-19-16/h7-9,15-17H,5-6,10-11H2,1-4H3. The van der Waals surface area contributed by atoms with Crippen molar-refractivity contribution in [2.75, 3.05) is 33.8 Å². The zero-order valence-electron chi connectivity index (χ0n) is 12.6. The maximum absolute atomic E-state index is 5.93. The molecule has 1 heterocycles. The molecule has 0 bridgehead atoms. The first-order valence-corrected chi connectivity index (χ1v) is 7.13. The molecule has 1 aliphatic rings. The highest BCUT2D eigenvalue weighted by Crippen LogP contribution is 2.15. The third kappa shape index (κ3) is 4.03. The van der Waals surface area contributed by atoms with Crippen molar-refractivity contribution in [1.82, 2.24) is 10.2 Å². The van der Waals surface area contributed by atoms with Crippen LogP contribution in [0, 0.1) is 13.8 Å². The second kappa shape index (κ2) is 6.51. The number of hydrogen-bond donors (Lipinski definition) is 1. The van der Waals surface area contributed by atoms with Crippen LogP contribution in [-0.2, 0) is 11.2 Å².